The largest absolute Gasteiger partial charge is 0.495 e. The number of anilines is 1. The van der Waals surface area contributed by atoms with Gasteiger partial charge in [-0.3, -0.25) is 4.79 Å². The maximum absolute atomic E-state index is 12.6. The van der Waals surface area contributed by atoms with Crippen LogP contribution in [-0.4, -0.2) is 47.1 Å². The lowest BCUT2D eigenvalue weighted by Crippen LogP contribution is -2.27. The highest BCUT2D eigenvalue weighted by atomic mass is 16.5. The van der Waals surface area contributed by atoms with Gasteiger partial charge >= 0.3 is 0 Å². The Labute approximate surface area is 148 Å². The molecule has 1 amide bonds. The standard InChI is InChI=1S/C19H26N4O2/c1-15-20-9-13-22(15)12-5-8-21-17-14-16(6-7-18(17)25-2)19(24)23-10-3-4-11-23/h6-7,9,13-14,21H,3-5,8,10-12H2,1-2H3. The second kappa shape index (κ2) is 8.05. The highest BCUT2D eigenvalue weighted by Gasteiger charge is 2.20. The molecular formula is C19H26N4O2. The van der Waals surface area contributed by atoms with Crippen molar-refractivity contribution in [2.75, 3.05) is 32.1 Å². The minimum absolute atomic E-state index is 0.109. The Morgan fingerprint density at radius 2 is 2.12 bits per heavy atom. The number of hydrogen-bond donors (Lipinski definition) is 1. The van der Waals surface area contributed by atoms with Crippen LogP contribution in [-0.2, 0) is 6.54 Å². The Kier molecular flexibility index (Phi) is 5.58. The van der Waals surface area contributed by atoms with Gasteiger partial charge in [0.25, 0.3) is 5.91 Å². The number of carbonyl (C=O) groups is 1. The lowest BCUT2D eigenvalue weighted by Gasteiger charge is -2.17. The second-order valence-electron chi connectivity index (χ2n) is 6.36. The molecule has 0 unspecified atom stereocenters. The van der Waals surface area contributed by atoms with Gasteiger partial charge in [0.15, 0.2) is 0 Å². The van der Waals surface area contributed by atoms with Crippen LogP contribution in [0.25, 0.3) is 0 Å². The summed E-state index contributed by atoms with van der Waals surface area (Å²) in [7, 11) is 1.65. The number of methoxy groups -OCH3 is 1. The molecule has 0 atom stereocenters. The monoisotopic (exact) mass is 342 g/mol. The predicted octanol–water partition coefficient (Wildman–Crippen LogP) is 2.94. The third kappa shape index (κ3) is 4.13. The van der Waals surface area contributed by atoms with Crippen molar-refractivity contribution in [3.8, 4) is 5.75 Å². The van der Waals surface area contributed by atoms with Crippen molar-refractivity contribution in [1.29, 1.82) is 0 Å². The maximum atomic E-state index is 12.6. The second-order valence-corrected chi connectivity index (χ2v) is 6.36. The SMILES string of the molecule is COc1ccc(C(=O)N2CCCC2)cc1NCCCn1ccnc1C. The molecule has 1 fully saturated rings. The lowest BCUT2D eigenvalue weighted by atomic mass is 10.1. The number of nitrogens with one attached hydrogen (secondary N) is 1. The van der Waals surface area contributed by atoms with E-state index < -0.39 is 0 Å². The molecule has 2 aromatic rings. The van der Waals surface area contributed by atoms with E-state index in [1.807, 2.05) is 42.4 Å². The molecule has 134 valence electrons. The molecule has 1 saturated heterocycles. The normalized spacial score (nSPS) is 13.9. The number of ether oxygens (including phenoxy) is 1. The molecule has 0 radical (unpaired) electrons. The van der Waals surface area contributed by atoms with E-state index in [-0.39, 0.29) is 5.91 Å². The Morgan fingerprint density at radius 3 is 2.80 bits per heavy atom. The molecule has 0 saturated carbocycles. The number of nitrogens with zero attached hydrogens (tertiary/aromatic N) is 3. The number of imidazole rings is 1. The molecule has 25 heavy (non-hydrogen) atoms. The quantitative estimate of drug-likeness (QED) is 0.786. The number of rotatable bonds is 7. The molecule has 1 aromatic carbocycles. The Balaban J connectivity index is 1.61. The van der Waals surface area contributed by atoms with Gasteiger partial charge in [-0.25, -0.2) is 4.98 Å². The summed E-state index contributed by atoms with van der Waals surface area (Å²) in [5.41, 5.74) is 1.59. The van der Waals surface area contributed by atoms with Gasteiger partial charge in [0.2, 0.25) is 0 Å². The zero-order chi connectivity index (χ0) is 17.6. The van der Waals surface area contributed by atoms with Crippen LogP contribution in [0, 0.1) is 6.92 Å². The molecule has 0 spiro atoms. The van der Waals surface area contributed by atoms with E-state index in [2.05, 4.69) is 14.9 Å². The third-order valence-corrected chi connectivity index (χ3v) is 4.65. The summed E-state index contributed by atoms with van der Waals surface area (Å²) in [5, 5.41) is 3.40. The first kappa shape index (κ1) is 17.3. The van der Waals surface area contributed by atoms with E-state index in [1.54, 1.807) is 7.11 Å². The van der Waals surface area contributed by atoms with E-state index in [4.69, 9.17) is 4.74 Å². The van der Waals surface area contributed by atoms with Crippen molar-refractivity contribution in [2.45, 2.75) is 32.7 Å². The lowest BCUT2D eigenvalue weighted by molar-refractivity contribution is 0.0793. The highest BCUT2D eigenvalue weighted by molar-refractivity contribution is 5.95. The van der Waals surface area contributed by atoms with Crippen LogP contribution in [0.2, 0.25) is 0 Å². The molecule has 3 rings (SSSR count). The number of amides is 1. The van der Waals surface area contributed by atoms with E-state index in [0.717, 1.165) is 68.3 Å². The summed E-state index contributed by atoms with van der Waals surface area (Å²) in [5.74, 6) is 1.89. The molecule has 1 aliphatic heterocycles. The number of benzene rings is 1. The molecule has 2 heterocycles. The number of hydrogen-bond acceptors (Lipinski definition) is 4. The molecule has 6 heteroatoms. The summed E-state index contributed by atoms with van der Waals surface area (Å²) in [6.45, 7) is 5.43. The van der Waals surface area contributed by atoms with Gasteiger partial charge in [0.1, 0.15) is 11.6 Å². The van der Waals surface area contributed by atoms with Crippen LogP contribution < -0.4 is 10.1 Å². The van der Waals surface area contributed by atoms with Gasteiger partial charge in [-0.1, -0.05) is 0 Å². The van der Waals surface area contributed by atoms with Crippen molar-refractivity contribution >= 4 is 11.6 Å². The highest BCUT2D eigenvalue weighted by Crippen LogP contribution is 2.26. The molecule has 1 N–H and O–H groups in total. The average Bonchev–Trinajstić information content (AvgIpc) is 3.30. The van der Waals surface area contributed by atoms with E-state index in [9.17, 15) is 4.79 Å². The number of aromatic nitrogens is 2. The molecule has 1 aromatic heterocycles. The van der Waals surface area contributed by atoms with Crippen LogP contribution in [0.1, 0.15) is 35.4 Å². The molecule has 0 bridgehead atoms. The average molecular weight is 342 g/mol. The first-order valence-corrected chi connectivity index (χ1v) is 8.88. The van der Waals surface area contributed by atoms with Crippen molar-refractivity contribution < 1.29 is 9.53 Å². The Hall–Kier alpha value is -2.50. The first-order chi connectivity index (χ1) is 12.2. The van der Waals surface area contributed by atoms with Crippen LogP contribution in [0.15, 0.2) is 30.6 Å². The van der Waals surface area contributed by atoms with E-state index in [0.29, 0.717) is 0 Å². The maximum Gasteiger partial charge on any atom is 0.253 e. The van der Waals surface area contributed by atoms with Gasteiger partial charge < -0.3 is 19.5 Å². The van der Waals surface area contributed by atoms with Gasteiger partial charge in [-0.2, -0.15) is 0 Å². The summed E-state index contributed by atoms with van der Waals surface area (Å²) in [6, 6.07) is 5.62. The van der Waals surface area contributed by atoms with Crippen molar-refractivity contribution in [1.82, 2.24) is 14.5 Å². The summed E-state index contributed by atoms with van der Waals surface area (Å²) in [6.07, 6.45) is 6.97. The minimum atomic E-state index is 0.109. The smallest absolute Gasteiger partial charge is 0.253 e. The Bertz CT molecular complexity index is 720. The zero-order valence-electron chi connectivity index (χ0n) is 15.0. The van der Waals surface area contributed by atoms with Gasteiger partial charge in [0, 0.05) is 44.1 Å². The van der Waals surface area contributed by atoms with Crippen molar-refractivity contribution in [3.63, 3.8) is 0 Å². The minimum Gasteiger partial charge on any atom is -0.495 e. The van der Waals surface area contributed by atoms with Gasteiger partial charge in [-0.05, 0) is 44.4 Å². The van der Waals surface area contributed by atoms with Gasteiger partial charge in [-0.15, -0.1) is 0 Å². The Morgan fingerprint density at radius 1 is 1.32 bits per heavy atom. The van der Waals surface area contributed by atoms with E-state index >= 15 is 0 Å². The number of carbonyl (C=O) groups excluding carboxylic acids is 1. The predicted molar refractivity (Wildman–Crippen MR) is 98.2 cm³/mol. The number of aryl methyl sites for hydroxylation is 2. The first-order valence-electron chi connectivity index (χ1n) is 8.88. The van der Waals surface area contributed by atoms with Crippen LogP contribution >= 0.6 is 0 Å². The fraction of sp³-hybridized carbons (Fsp3) is 0.474. The third-order valence-electron chi connectivity index (χ3n) is 4.65. The molecule has 0 aliphatic carbocycles. The van der Waals surface area contributed by atoms with Crippen LogP contribution in [0.5, 0.6) is 5.75 Å². The van der Waals surface area contributed by atoms with Crippen LogP contribution in [0.4, 0.5) is 5.69 Å². The summed E-state index contributed by atoms with van der Waals surface area (Å²) < 4.78 is 7.56. The van der Waals surface area contributed by atoms with Gasteiger partial charge in [0.05, 0.1) is 12.8 Å². The number of likely N-dealkylation sites (tertiary alicyclic amines) is 1. The molecular weight excluding hydrogens is 316 g/mol. The summed E-state index contributed by atoms with van der Waals surface area (Å²) in [4.78, 5) is 18.7. The van der Waals surface area contributed by atoms with Crippen molar-refractivity contribution in [2.24, 2.45) is 0 Å². The topological polar surface area (TPSA) is 59.4 Å². The summed E-state index contributed by atoms with van der Waals surface area (Å²) >= 11 is 0. The van der Waals surface area contributed by atoms with Crippen LogP contribution in [0.3, 0.4) is 0 Å². The fourth-order valence-corrected chi connectivity index (χ4v) is 3.19. The molecule has 1 aliphatic rings. The zero-order valence-corrected chi connectivity index (χ0v) is 15.0. The van der Waals surface area contributed by atoms with Crippen molar-refractivity contribution in [3.05, 3.63) is 42.0 Å². The molecule has 6 nitrogen and oxygen atoms in total. The fourth-order valence-electron chi connectivity index (χ4n) is 3.19. The van der Waals surface area contributed by atoms with E-state index in [1.165, 1.54) is 0 Å².